The topological polar surface area (TPSA) is 406 Å². The minimum atomic E-state index is -1.49. The molecular formula is C59H52N14O12S6. The normalized spacial score (nSPS) is 17.2. The standard InChI is InChI=1S/C59H52N14O12S6/c1-24(27(4)74)42-57-70-40(23-90-57)55-66-36(19-87-55)44-32(15-16-33(63-44)54-68-37(21-88-54)49(80)61-25(2)47(78)62-26(3)59(84)85)53-67-38(20-86-53)51(82)65-35(18-41(60)76)56-73-43(28(5)91-56)52(83)72-45(46(77)30-9-7-6-8-10-30)58-69-39(22-89-58)50(81)64-34(48(79)71-42)17-29-11-13-31(75)14-12-29/h6-16,19-24,27,34-35,42,45-46,74-75,77H,2-3,17-18H2,1,4-5H3,(H2,60,76)(H,61,80)(H,62,78)(H,64,81)(H,65,82)(H,71,79)(H,72,83)(H,84,85)/t24-,27?,34-,35-,42-,45-,46+/m0/s1. The number of nitrogens with zero attached hydrogens (tertiary/aromatic N) is 7. The van der Waals surface area contributed by atoms with E-state index in [1.165, 1.54) is 50.9 Å². The van der Waals surface area contributed by atoms with Crippen LogP contribution in [0.4, 0.5) is 0 Å². The lowest BCUT2D eigenvalue weighted by atomic mass is 9.96. The van der Waals surface area contributed by atoms with Crippen LogP contribution in [0.3, 0.4) is 0 Å². The molecular weight excluding hydrogens is 1290 g/mol. The first-order valence-electron chi connectivity index (χ1n) is 27.2. The van der Waals surface area contributed by atoms with Gasteiger partial charge in [0.15, 0.2) is 0 Å². The zero-order valence-corrected chi connectivity index (χ0v) is 52.7. The molecule has 0 spiro atoms. The fraction of sp³-hybridized carbons (Fsp3) is 0.203. The summed E-state index contributed by atoms with van der Waals surface area (Å²) in [5, 5.41) is 67.4. The number of carbonyl (C=O) groups excluding carboxylic acids is 7. The summed E-state index contributed by atoms with van der Waals surface area (Å²) in [7, 11) is 0. The maximum absolute atomic E-state index is 14.8. The Morgan fingerprint density at radius 1 is 0.615 bits per heavy atom. The van der Waals surface area contributed by atoms with E-state index in [-0.39, 0.29) is 66.4 Å². The third-order valence-electron chi connectivity index (χ3n) is 14.0. The zero-order chi connectivity index (χ0) is 64.9. The van der Waals surface area contributed by atoms with E-state index < -0.39 is 107 Å². The first kappa shape index (κ1) is 64.3. The van der Waals surface area contributed by atoms with E-state index in [0.717, 1.165) is 45.3 Å². The van der Waals surface area contributed by atoms with Gasteiger partial charge in [0.1, 0.15) is 99.5 Å². The second kappa shape index (κ2) is 27.6. The van der Waals surface area contributed by atoms with E-state index in [2.05, 4.69) is 54.7 Å². The van der Waals surface area contributed by atoms with Crippen LogP contribution in [0.1, 0.15) is 117 Å². The van der Waals surface area contributed by atoms with Crippen molar-refractivity contribution in [2.75, 3.05) is 0 Å². The Morgan fingerprint density at radius 3 is 1.93 bits per heavy atom. The number of aromatic nitrogens is 7. The summed E-state index contributed by atoms with van der Waals surface area (Å²) in [5.74, 6) is -7.84. The van der Waals surface area contributed by atoms with Crippen LogP contribution < -0.4 is 37.6 Å². The number of carboxylic acid groups (broad SMARTS) is 1. The van der Waals surface area contributed by atoms with Crippen molar-refractivity contribution in [3.05, 3.63) is 172 Å². The molecule has 7 aromatic heterocycles. The van der Waals surface area contributed by atoms with Gasteiger partial charge in [-0.05, 0) is 49.2 Å². The second-order valence-electron chi connectivity index (χ2n) is 20.5. The molecule has 7 atom stereocenters. The summed E-state index contributed by atoms with van der Waals surface area (Å²) in [5.41, 5.74) is 6.63. The highest BCUT2D eigenvalue weighted by atomic mass is 32.1. The van der Waals surface area contributed by atoms with Gasteiger partial charge < -0.3 is 58.1 Å². The SMILES string of the molecule is C=C(NC(=O)C(=C)NC(=O)c1csc(-c2ccc3c(n2)-c2csc(n2)-c2csc(n2)[C@H]([C@@H](C)C(C)O)NC(=O)[C@H](Cc2ccc(O)cc2)NC(=O)c2csc(n2)[C@H]([C@H](O)c2ccccc2)NC(=O)c2nc(sc2C)[C@H](CC(N)=O)NC(=O)c2csc-3n2)n1)C(=O)O. The van der Waals surface area contributed by atoms with Crippen molar-refractivity contribution in [2.24, 2.45) is 11.7 Å². The molecule has 8 heterocycles. The van der Waals surface area contributed by atoms with Crippen molar-refractivity contribution in [1.82, 2.24) is 66.8 Å². The van der Waals surface area contributed by atoms with Crippen molar-refractivity contribution in [3.8, 4) is 49.1 Å². The molecule has 0 fully saturated rings. The number of phenolic OH excluding ortho intramolecular Hbond substituents is 1. The number of carboxylic acids is 1. The molecule has 466 valence electrons. The minimum absolute atomic E-state index is 0.0301. The Labute approximate surface area is 540 Å². The molecule has 10 rings (SSSR count). The predicted molar refractivity (Wildman–Crippen MR) is 340 cm³/mol. The number of fused-ring (bicyclic) bond motifs is 14. The molecule has 0 aliphatic carbocycles. The summed E-state index contributed by atoms with van der Waals surface area (Å²) in [4.78, 5) is 141. The molecule has 12 N–H and O–H groups in total. The third kappa shape index (κ3) is 14.8. The van der Waals surface area contributed by atoms with Gasteiger partial charge in [0.2, 0.25) is 11.8 Å². The van der Waals surface area contributed by atoms with Crippen molar-refractivity contribution >= 4 is 115 Å². The number of thiazole rings is 6. The number of aromatic hydroxyl groups is 1. The number of hydrogen-bond acceptors (Lipinski definition) is 24. The van der Waals surface area contributed by atoms with Crippen molar-refractivity contribution < 1.29 is 58.8 Å². The van der Waals surface area contributed by atoms with Crippen LogP contribution in [0.2, 0.25) is 0 Å². The molecule has 1 aliphatic heterocycles. The molecule has 10 bridgehead atoms. The number of hydrogen-bond donors (Lipinski definition) is 11. The maximum atomic E-state index is 14.8. The number of rotatable bonds is 14. The zero-order valence-electron chi connectivity index (χ0n) is 47.8. The molecule has 1 unspecified atom stereocenters. The van der Waals surface area contributed by atoms with E-state index in [0.29, 0.717) is 43.0 Å². The second-order valence-corrected chi connectivity index (χ2v) is 26.0. The number of amides is 7. The number of aryl methyl sites for hydroxylation is 1. The number of aliphatic hydroxyl groups is 2. The van der Waals surface area contributed by atoms with E-state index >= 15 is 0 Å². The molecule has 2 aromatic carbocycles. The minimum Gasteiger partial charge on any atom is -0.508 e. The molecule has 0 radical (unpaired) electrons. The molecule has 1 aliphatic rings. The van der Waals surface area contributed by atoms with Crippen LogP contribution in [0.15, 0.2) is 118 Å². The number of carbonyl (C=O) groups is 8. The van der Waals surface area contributed by atoms with Gasteiger partial charge in [-0.3, -0.25) is 33.6 Å². The third-order valence-corrected chi connectivity index (χ3v) is 19.6. The molecule has 26 nitrogen and oxygen atoms in total. The summed E-state index contributed by atoms with van der Waals surface area (Å²) >= 11 is 6.46. The fourth-order valence-corrected chi connectivity index (χ4v) is 14.3. The van der Waals surface area contributed by atoms with Gasteiger partial charge in [0.05, 0.1) is 36.0 Å². The number of aliphatic carboxylic acids is 1. The van der Waals surface area contributed by atoms with Gasteiger partial charge in [0, 0.05) is 49.7 Å². The van der Waals surface area contributed by atoms with Crippen LogP contribution >= 0.6 is 68.0 Å². The molecule has 91 heavy (non-hydrogen) atoms. The number of nitrogens with one attached hydrogen (secondary N) is 6. The summed E-state index contributed by atoms with van der Waals surface area (Å²) in [6.07, 6.45) is -2.95. The van der Waals surface area contributed by atoms with Gasteiger partial charge in [0.25, 0.3) is 29.5 Å². The Bertz CT molecular complexity index is 4330. The number of benzene rings is 2. The number of aliphatic hydroxyl groups excluding tert-OH is 2. The number of nitrogens with two attached hydrogens (primary N) is 1. The van der Waals surface area contributed by atoms with Crippen molar-refractivity contribution in [2.45, 2.75) is 70.0 Å². The molecule has 9 aromatic rings. The van der Waals surface area contributed by atoms with Crippen LogP contribution in [0.5, 0.6) is 5.75 Å². The van der Waals surface area contributed by atoms with Crippen molar-refractivity contribution in [1.29, 1.82) is 0 Å². The van der Waals surface area contributed by atoms with Gasteiger partial charge >= 0.3 is 5.97 Å². The van der Waals surface area contributed by atoms with E-state index in [4.69, 9.17) is 30.8 Å². The van der Waals surface area contributed by atoms with Crippen LogP contribution in [0.25, 0.3) is 43.4 Å². The Balaban J connectivity index is 1.05. The smallest absolute Gasteiger partial charge is 0.351 e. The lowest BCUT2D eigenvalue weighted by Crippen LogP contribution is -2.50. The van der Waals surface area contributed by atoms with Crippen molar-refractivity contribution in [3.63, 3.8) is 0 Å². The van der Waals surface area contributed by atoms with E-state index in [1.807, 2.05) is 5.32 Å². The Morgan fingerprint density at radius 2 is 1.23 bits per heavy atom. The molecule has 32 heteroatoms. The fourth-order valence-electron chi connectivity index (χ4n) is 9.03. The first-order valence-corrected chi connectivity index (χ1v) is 32.4. The van der Waals surface area contributed by atoms with Gasteiger partial charge in [-0.15, -0.1) is 68.0 Å². The Hall–Kier alpha value is -9.67. The van der Waals surface area contributed by atoms with Crippen LogP contribution in [-0.4, -0.2) is 115 Å². The lowest BCUT2D eigenvalue weighted by Gasteiger charge is -2.28. The maximum Gasteiger partial charge on any atom is 0.351 e. The largest absolute Gasteiger partial charge is 0.508 e. The van der Waals surface area contributed by atoms with E-state index in [9.17, 15) is 53.7 Å². The monoisotopic (exact) mass is 1340 g/mol. The quantitative estimate of drug-likeness (QED) is 0.0515. The highest BCUT2D eigenvalue weighted by Gasteiger charge is 2.35. The van der Waals surface area contributed by atoms with Crippen LogP contribution in [-0.2, 0) is 25.6 Å². The van der Waals surface area contributed by atoms with Crippen LogP contribution in [0, 0.1) is 12.8 Å². The summed E-state index contributed by atoms with van der Waals surface area (Å²) in [6.45, 7) is 11.7. The first-order chi connectivity index (χ1) is 43.5. The lowest BCUT2D eigenvalue weighted by molar-refractivity contribution is -0.134. The summed E-state index contributed by atoms with van der Waals surface area (Å²) in [6, 6.07) is 13.0. The number of primary amides is 1. The van der Waals surface area contributed by atoms with E-state index in [1.54, 1.807) is 86.1 Å². The summed E-state index contributed by atoms with van der Waals surface area (Å²) < 4.78 is 0. The predicted octanol–water partition coefficient (Wildman–Crippen LogP) is 6.54. The number of phenols is 1. The average molecular weight is 1340 g/mol. The molecule has 0 saturated carbocycles. The molecule has 7 amide bonds. The highest BCUT2D eigenvalue weighted by molar-refractivity contribution is 7.15. The average Bonchev–Trinajstić information content (AvgIpc) is 1.72. The highest BCUT2D eigenvalue weighted by Crippen LogP contribution is 2.40. The van der Waals surface area contributed by atoms with Gasteiger partial charge in [-0.2, -0.15) is 0 Å². The van der Waals surface area contributed by atoms with Gasteiger partial charge in [-0.25, -0.2) is 39.7 Å². The molecule has 0 saturated heterocycles. The van der Waals surface area contributed by atoms with Gasteiger partial charge in [-0.1, -0.05) is 62.5 Å². The number of pyridine rings is 1. The Kier molecular flexibility index (Phi) is 19.5.